The van der Waals surface area contributed by atoms with E-state index >= 15 is 0 Å². The predicted octanol–water partition coefficient (Wildman–Crippen LogP) is 4.99. The SMILES string of the molecule is CSSC(CCC(NC(=O)OC(C)(C)C)C(=O)O)CNC(=O)OCc1ccccc1N=[N+]=[N-]. The molecule has 3 N–H and O–H groups in total. The van der Waals surface area contributed by atoms with Crippen molar-refractivity contribution in [2.24, 2.45) is 5.11 Å². The minimum absolute atomic E-state index is 0.0672. The fraction of sp³-hybridized carbons (Fsp3) is 0.550. The van der Waals surface area contributed by atoms with Gasteiger partial charge >= 0.3 is 18.2 Å². The van der Waals surface area contributed by atoms with E-state index in [0.29, 0.717) is 17.7 Å². The number of carbonyl (C=O) groups excluding carboxylic acids is 2. The van der Waals surface area contributed by atoms with Crippen molar-refractivity contribution in [2.45, 2.75) is 57.1 Å². The molecule has 1 aromatic rings. The van der Waals surface area contributed by atoms with Crippen molar-refractivity contribution in [2.75, 3.05) is 12.8 Å². The van der Waals surface area contributed by atoms with Crippen LogP contribution >= 0.6 is 21.6 Å². The van der Waals surface area contributed by atoms with Gasteiger partial charge in [0, 0.05) is 22.4 Å². The van der Waals surface area contributed by atoms with E-state index < -0.39 is 29.8 Å². The van der Waals surface area contributed by atoms with Gasteiger partial charge in [0.1, 0.15) is 18.2 Å². The lowest BCUT2D eigenvalue weighted by Gasteiger charge is -2.23. The number of benzene rings is 1. The number of aliphatic carboxylic acids is 1. The van der Waals surface area contributed by atoms with Gasteiger partial charge in [-0.15, -0.1) is 0 Å². The Bertz CT molecular complexity index is 858. The van der Waals surface area contributed by atoms with Gasteiger partial charge in [0.05, 0.1) is 0 Å². The molecule has 11 nitrogen and oxygen atoms in total. The first-order chi connectivity index (χ1) is 15.6. The second kappa shape index (κ2) is 14.4. The molecule has 2 unspecified atom stereocenters. The molecule has 0 bridgehead atoms. The third-order valence-electron chi connectivity index (χ3n) is 3.98. The van der Waals surface area contributed by atoms with Crippen molar-refractivity contribution < 1.29 is 29.0 Å². The number of carboxylic acids is 1. The number of carbonyl (C=O) groups is 3. The minimum atomic E-state index is -1.17. The van der Waals surface area contributed by atoms with Gasteiger partial charge in [-0.2, -0.15) is 0 Å². The molecule has 0 saturated carbocycles. The van der Waals surface area contributed by atoms with Crippen molar-refractivity contribution >= 4 is 45.4 Å². The molecule has 0 aliphatic carbocycles. The van der Waals surface area contributed by atoms with Gasteiger partial charge in [-0.05, 0) is 51.0 Å². The van der Waals surface area contributed by atoms with E-state index in [-0.39, 0.29) is 24.8 Å². The maximum absolute atomic E-state index is 12.1. The van der Waals surface area contributed by atoms with Crippen LogP contribution in [0.15, 0.2) is 29.4 Å². The summed E-state index contributed by atoms with van der Waals surface area (Å²) in [5.74, 6) is -1.17. The first-order valence-corrected chi connectivity index (χ1v) is 12.6. The molecule has 2 amide bonds. The molecular weight excluding hydrogens is 470 g/mol. The molecule has 33 heavy (non-hydrogen) atoms. The lowest BCUT2D eigenvalue weighted by Crippen LogP contribution is -2.44. The number of carboxylic acid groups (broad SMARTS) is 1. The number of nitrogens with one attached hydrogen (secondary N) is 2. The molecule has 0 radical (unpaired) electrons. The van der Waals surface area contributed by atoms with Crippen molar-refractivity contribution in [1.82, 2.24) is 10.6 Å². The van der Waals surface area contributed by atoms with Crippen molar-refractivity contribution in [1.29, 1.82) is 0 Å². The van der Waals surface area contributed by atoms with Crippen LogP contribution in [0, 0.1) is 0 Å². The average molecular weight is 500 g/mol. The predicted molar refractivity (Wildman–Crippen MR) is 128 cm³/mol. The average Bonchev–Trinajstić information content (AvgIpc) is 2.72. The molecule has 0 saturated heterocycles. The smallest absolute Gasteiger partial charge is 0.408 e. The fourth-order valence-electron chi connectivity index (χ4n) is 2.55. The van der Waals surface area contributed by atoms with Gasteiger partial charge in [-0.25, -0.2) is 14.4 Å². The standard InChI is InChI=1S/C20H29N5O6S2/c1-20(2,3)31-19(29)23-16(17(26)27)10-9-14(33-32-4)11-22-18(28)30-12-13-7-5-6-8-15(13)24-25-21/h5-8,14,16H,9-12H2,1-4H3,(H,22,28)(H,23,29)(H,26,27). The number of ether oxygens (including phenoxy) is 2. The lowest BCUT2D eigenvalue weighted by molar-refractivity contribution is -0.139. The summed E-state index contributed by atoms with van der Waals surface area (Å²) in [6.07, 6.45) is 0.989. The zero-order valence-electron chi connectivity index (χ0n) is 18.9. The Labute approximate surface area is 200 Å². The monoisotopic (exact) mass is 499 g/mol. The maximum Gasteiger partial charge on any atom is 0.408 e. The zero-order chi connectivity index (χ0) is 24.9. The first-order valence-electron chi connectivity index (χ1n) is 10.0. The molecule has 0 heterocycles. The second-order valence-electron chi connectivity index (χ2n) is 7.77. The lowest BCUT2D eigenvalue weighted by atomic mass is 10.1. The van der Waals surface area contributed by atoms with Gasteiger partial charge in [0.15, 0.2) is 0 Å². The quantitative estimate of drug-likeness (QED) is 0.157. The summed E-state index contributed by atoms with van der Waals surface area (Å²) in [4.78, 5) is 38.3. The van der Waals surface area contributed by atoms with Crippen LogP contribution in [0.2, 0.25) is 0 Å². The Balaban J connectivity index is 2.56. The number of hydrogen-bond acceptors (Lipinski definition) is 8. The highest BCUT2D eigenvalue weighted by molar-refractivity contribution is 8.76. The summed E-state index contributed by atoms with van der Waals surface area (Å²) in [5.41, 5.74) is 8.81. The van der Waals surface area contributed by atoms with Crippen LogP contribution in [-0.4, -0.2) is 53.0 Å². The summed E-state index contributed by atoms with van der Waals surface area (Å²) in [7, 11) is 2.96. The van der Waals surface area contributed by atoms with Gasteiger partial charge in [0.25, 0.3) is 0 Å². The molecule has 1 rings (SSSR count). The van der Waals surface area contributed by atoms with Crippen LogP contribution in [0.1, 0.15) is 39.2 Å². The fourth-order valence-corrected chi connectivity index (χ4v) is 4.52. The summed E-state index contributed by atoms with van der Waals surface area (Å²) in [6, 6.07) is 5.63. The number of hydrogen-bond donors (Lipinski definition) is 3. The van der Waals surface area contributed by atoms with Crippen LogP contribution in [0.5, 0.6) is 0 Å². The van der Waals surface area contributed by atoms with E-state index in [0.717, 1.165) is 0 Å². The molecular formula is C20H29N5O6S2. The van der Waals surface area contributed by atoms with Crippen LogP contribution in [0.3, 0.4) is 0 Å². The third kappa shape index (κ3) is 12.2. The maximum atomic E-state index is 12.1. The van der Waals surface area contributed by atoms with Gasteiger partial charge < -0.3 is 25.2 Å². The molecule has 182 valence electrons. The summed E-state index contributed by atoms with van der Waals surface area (Å²) in [6.45, 7) is 5.23. The van der Waals surface area contributed by atoms with Crippen molar-refractivity contribution in [3.63, 3.8) is 0 Å². The molecule has 0 aliphatic rings. The Morgan fingerprint density at radius 3 is 2.52 bits per heavy atom. The van der Waals surface area contributed by atoms with E-state index in [1.807, 2.05) is 6.26 Å². The summed E-state index contributed by atoms with van der Waals surface area (Å²) >= 11 is 0. The Kier molecular flexibility index (Phi) is 12.3. The second-order valence-corrected chi connectivity index (χ2v) is 10.5. The van der Waals surface area contributed by atoms with Crippen molar-refractivity contribution in [3.8, 4) is 0 Å². The van der Waals surface area contributed by atoms with Gasteiger partial charge in [0.2, 0.25) is 0 Å². The van der Waals surface area contributed by atoms with E-state index in [2.05, 4.69) is 20.7 Å². The van der Waals surface area contributed by atoms with Crippen LogP contribution in [0.4, 0.5) is 15.3 Å². The Morgan fingerprint density at radius 1 is 1.21 bits per heavy atom. The topological polar surface area (TPSA) is 163 Å². The molecule has 0 fully saturated rings. The number of azide groups is 1. The Morgan fingerprint density at radius 2 is 1.91 bits per heavy atom. The van der Waals surface area contributed by atoms with Crippen LogP contribution < -0.4 is 10.6 Å². The molecule has 13 heteroatoms. The highest BCUT2D eigenvalue weighted by atomic mass is 33.1. The normalized spacial score (nSPS) is 12.6. The van der Waals surface area contributed by atoms with Crippen LogP contribution in [0.25, 0.3) is 10.4 Å². The van der Waals surface area contributed by atoms with E-state index in [1.165, 1.54) is 21.6 Å². The van der Waals surface area contributed by atoms with E-state index in [9.17, 15) is 19.5 Å². The van der Waals surface area contributed by atoms with Crippen LogP contribution in [-0.2, 0) is 20.9 Å². The molecule has 0 aromatic heterocycles. The largest absolute Gasteiger partial charge is 0.480 e. The number of amides is 2. The minimum Gasteiger partial charge on any atom is -0.480 e. The van der Waals surface area contributed by atoms with E-state index in [4.69, 9.17) is 15.0 Å². The highest BCUT2D eigenvalue weighted by Crippen LogP contribution is 2.27. The van der Waals surface area contributed by atoms with Crippen molar-refractivity contribution in [3.05, 3.63) is 40.3 Å². The summed E-state index contributed by atoms with van der Waals surface area (Å²) in [5, 5.41) is 17.9. The third-order valence-corrected chi connectivity index (χ3v) is 6.24. The van der Waals surface area contributed by atoms with Gasteiger partial charge in [-0.1, -0.05) is 51.0 Å². The first kappa shape index (κ1) is 28.3. The molecule has 2 atom stereocenters. The Hall–Kier alpha value is -2.76. The zero-order valence-corrected chi connectivity index (χ0v) is 20.6. The molecule has 0 spiro atoms. The van der Waals surface area contributed by atoms with Gasteiger partial charge in [-0.3, -0.25) is 0 Å². The summed E-state index contributed by atoms with van der Waals surface area (Å²) < 4.78 is 10.3. The molecule has 0 aliphatic heterocycles. The number of rotatable bonds is 12. The number of nitrogens with zero attached hydrogens (tertiary/aromatic N) is 3. The highest BCUT2D eigenvalue weighted by Gasteiger charge is 2.25. The number of alkyl carbamates (subject to hydrolysis) is 2. The molecule has 1 aromatic carbocycles. The van der Waals surface area contributed by atoms with E-state index in [1.54, 1.807) is 45.0 Å².